The van der Waals surface area contributed by atoms with E-state index >= 15 is 0 Å². The average molecular weight is 350 g/mol. The second-order valence-electron chi connectivity index (χ2n) is 4.79. The van der Waals surface area contributed by atoms with E-state index in [2.05, 4.69) is 10.5 Å². The number of carbonyl (C=O) groups is 1. The second-order valence-corrected chi connectivity index (χ2v) is 4.79. The Morgan fingerprint density at radius 2 is 1.64 bits per heavy atom. The normalized spacial score (nSPS) is 10.6. The Balaban J connectivity index is 2.17. The zero-order valence-electron chi connectivity index (χ0n) is 13.8. The summed E-state index contributed by atoms with van der Waals surface area (Å²) in [6.07, 6.45) is 1.19. The van der Waals surface area contributed by atoms with Gasteiger partial charge in [0.25, 0.3) is 5.91 Å². The Hall–Kier alpha value is -3.16. The molecular weight excluding hydrogens is 334 g/mol. The van der Waals surface area contributed by atoms with Gasteiger partial charge in [0.2, 0.25) is 5.75 Å². The summed E-state index contributed by atoms with van der Waals surface area (Å²) in [6.45, 7) is 0. The summed E-state index contributed by atoms with van der Waals surface area (Å²) in [6, 6.07) is 6.18. The number of nitrogens with zero attached hydrogens (tertiary/aromatic N) is 1. The van der Waals surface area contributed by atoms with Crippen LogP contribution in [0.2, 0.25) is 0 Å². The third-order valence-electron chi connectivity index (χ3n) is 3.25. The van der Waals surface area contributed by atoms with E-state index in [4.69, 9.17) is 14.2 Å². The van der Waals surface area contributed by atoms with Gasteiger partial charge >= 0.3 is 0 Å². The molecule has 0 saturated carbocycles. The van der Waals surface area contributed by atoms with Gasteiger partial charge in [-0.2, -0.15) is 5.10 Å². The molecule has 0 fully saturated rings. The number of hydrogen-bond donors (Lipinski definition) is 1. The van der Waals surface area contributed by atoms with Crippen molar-refractivity contribution in [3.8, 4) is 17.2 Å². The van der Waals surface area contributed by atoms with Gasteiger partial charge in [0.05, 0.1) is 27.5 Å². The minimum Gasteiger partial charge on any atom is -0.493 e. The summed E-state index contributed by atoms with van der Waals surface area (Å²) in [5, 5.41) is 3.72. The monoisotopic (exact) mass is 350 g/mol. The van der Waals surface area contributed by atoms with Gasteiger partial charge < -0.3 is 14.2 Å². The van der Waals surface area contributed by atoms with E-state index in [1.165, 1.54) is 45.7 Å². The number of benzene rings is 2. The number of rotatable bonds is 6. The van der Waals surface area contributed by atoms with E-state index in [0.29, 0.717) is 22.8 Å². The van der Waals surface area contributed by atoms with Crippen LogP contribution in [-0.4, -0.2) is 33.5 Å². The molecule has 0 heterocycles. The maximum Gasteiger partial charge on any atom is 0.271 e. The maximum atomic E-state index is 13.1. The van der Waals surface area contributed by atoms with E-state index in [9.17, 15) is 13.6 Å². The van der Waals surface area contributed by atoms with Crippen LogP contribution in [0.15, 0.2) is 35.4 Å². The Kier molecular flexibility index (Phi) is 5.89. The van der Waals surface area contributed by atoms with Crippen LogP contribution < -0.4 is 19.6 Å². The van der Waals surface area contributed by atoms with E-state index in [-0.39, 0.29) is 5.56 Å². The van der Waals surface area contributed by atoms with Crippen molar-refractivity contribution in [2.75, 3.05) is 21.3 Å². The van der Waals surface area contributed by atoms with Crippen molar-refractivity contribution in [1.82, 2.24) is 5.43 Å². The van der Waals surface area contributed by atoms with Gasteiger partial charge in [-0.15, -0.1) is 0 Å². The molecule has 0 bridgehead atoms. The van der Waals surface area contributed by atoms with Crippen molar-refractivity contribution in [2.24, 2.45) is 5.10 Å². The topological polar surface area (TPSA) is 69.2 Å². The smallest absolute Gasteiger partial charge is 0.271 e. The number of hydrogen-bond acceptors (Lipinski definition) is 5. The van der Waals surface area contributed by atoms with Crippen LogP contribution in [0.5, 0.6) is 17.2 Å². The van der Waals surface area contributed by atoms with Crippen molar-refractivity contribution >= 4 is 12.1 Å². The molecule has 0 saturated heterocycles. The first-order valence-electron chi connectivity index (χ1n) is 7.08. The lowest BCUT2D eigenvalue weighted by atomic mass is 10.1. The number of methoxy groups -OCH3 is 3. The van der Waals surface area contributed by atoms with Crippen LogP contribution >= 0.6 is 0 Å². The fourth-order valence-corrected chi connectivity index (χ4v) is 2.03. The van der Waals surface area contributed by atoms with Crippen molar-refractivity contribution in [1.29, 1.82) is 0 Å². The first-order chi connectivity index (χ1) is 12.0. The molecule has 0 aliphatic carbocycles. The molecule has 0 aromatic heterocycles. The van der Waals surface area contributed by atoms with Crippen LogP contribution in [0.25, 0.3) is 0 Å². The minimum atomic E-state index is -1.00. The molecule has 25 heavy (non-hydrogen) atoms. The maximum absolute atomic E-state index is 13.1. The Bertz CT molecular complexity index is 784. The van der Waals surface area contributed by atoms with Crippen LogP contribution in [0.3, 0.4) is 0 Å². The third-order valence-corrected chi connectivity index (χ3v) is 3.25. The predicted molar refractivity (Wildman–Crippen MR) is 87.5 cm³/mol. The summed E-state index contributed by atoms with van der Waals surface area (Å²) >= 11 is 0. The Morgan fingerprint density at radius 1 is 1.00 bits per heavy atom. The second kappa shape index (κ2) is 8.09. The predicted octanol–water partition coefficient (Wildman–Crippen LogP) is 2.75. The third kappa shape index (κ3) is 4.23. The van der Waals surface area contributed by atoms with Gasteiger partial charge in [-0.25, -0.2) is 14.2 Å². The summed E-state index contributed by atoms with van der Waals surface area (Å²) in [4.78, 5) is 12.2. The largest absolute Gasteiger partial charge is 0.493 e. The van der Waals surface area contributed by atoms with Crippen LogP contribution in [0, 0.1) is 11.6 Å². The highest BCUT2D eigenvalue weighted by molar-refractivity contribution is 5.96. The van der Waals surface area contributed by atoms with Crippen LogP contribution in [0.4, 0.5) is 8.78 Å². The fraction of sp³-hybridized carbons (Fsp3) is 0.176. The summed E-state index contributed by atoms with van der Waals surface area (Å²) < 4.78 is 41.5. The highest BCUT2D eigenvalue weighted by Gasteiger charge is 2.16. The zero-order chi connectivity index (χ0) is 18.4. The van der Waals surface area contributed by atoms with Gasteiger partial charge in [0.15, 0.2) is 23.1 Å². The molecule has 6 nitrogen and oxygen atoms in total. The van der Waals surface area contributed by atoms with Crippen molar-refractivity contribution < 1.29 is 27.8 Å². The first-order valence-corrected chi connectivity index (χ1v) is 7.08. The van der Waals surface area contributed by atoms with Crippen molar-refractivity contribution in [3.63, 3.8) is 0 Å². The first kappa shape index (κ1) is 18.2. The number of carbonyl (C=O) groups excluding carboxylic acids is 1. The highest BCUT2D eigenvalue weighted by atomic mass is 19.2. The summed E-state index contributed by atoms with van der Waals surface area (Å²) in [5.41, 5.74) is 2.80. The lowest BCUT2D eigenvalue weighted by molar-refractivity contribution is 0.0954. The number of ether oxygens (including phenoxy) is 3. The zero-order valence-corrected chi connectivity index (χ0v) is 13.8. The summed E-state index contributed by atoms with van der Waals surface area (Å²) in [7, 11) is 4.31. The standard InChI is InChI=1S/C17H16F2N2O4/c1-23-14-7-11(8-15(24-2)16(14)25-3)17(22)21-20-9-10-4-5-12(18)13(19)6-10/h4-9H,1-3H3,(H,21,22)/b20-9-. The fourth-order valence-electron chi connectivity index (χ4n) is 2.03. The van der Waals surface area contributed by atoms with Gasteiger partial charge in [-0.3, -0.25) is 4.79 Å². The number of nitrogens with one attached hydrogen (secondary N) is 1. The quantitative estimate of drug-likeness (QED) is 0.642. The highest BCUT2D eigenvalue weighted by Crippen LogP contribution is 2.38. The summed E-state index contributed by atoms with van der Waals surface area (Å²) in [5.74, 6) is -1.52. The molecule has 1 N–H and O–H groups in total. The molecule has 0 aliphatic rings. The molecular formula is C17H16F2N2O4. The van der Waals surface area contributed by atoms with Crippen molar-refractivity contribution in [3.05, 3.63) is 53.1 Å². The molecule has 0 aliphatic heterocycles. The molecule has 132 valence electrons. The van der Waals surface area contributed by atoms with Crippen molar-refractivity contribution in [2.45, 2.75) is 0 Å². The molecule has 1 amide bonds. The van der Waals surface area contributed by atoms with E-state index in [1.54, 1.807) is 0 Å². The SMILES string of the molecule is COc1cc(C(=O)N/N=C\c2ccc(F)c(F)c2)cc(OC)c1OC. The van der Waals surface area contributed by atoms with E-state index < -0.39 is 17.5 Å². The lowest BCUT2D eigenvalue weighted by Gasteiger charge is -2.13. The number of halogens is 2. The van der Waals surface area contributed by atoms with E-state index in [1.807, 2.05) is 0 Å². The molecule has 0 radical (unpaired) electrons. The van der Waals surface area contributed by atoms with Gasteiger partial charge in [-0.1, -0.05) is 6.07 Å². The van der Waals surface area contributed by atoms with Crippen LogP contribution in [-0.2, 0) is 0 Å². The Labute approximate surface area is 143 Å². The lowest BCUT2D eigenvalue weighted by Crippen LogP contribution is -2.18. The molecule has 2 aromatic rings. The molecule has 0 spiro atoms. The molecule has 2 rings (SSSR count). The minimum absolute atomic E-state index is 0.219. The van der Waals surface area contributed by atoms with Gasteiger partial charge in [0, 0.05) is 5.56 Å². The van der Waals surface area contributed by atoms with Gasteiger partial charge in [0.1, 0.15) is 0 Å². The molecule has 8 heteroatoms. The number of hydrazone groups is 1. The average Bonchev–Trinajstić information content (AvgIpc) is 2.63. The molecule has 2 aromatic carbocycles. The molecule has 0 atom stereocenters. The van der Waals surface area contributed by atoms with E-state index in [0.717, 1.165) is 12.1 Å². The Morgan fingerprint density at radius 3 is 2.16 bits per heavy atom. The van der Waals surface area contributed by atoms with Crippen LogP contribution in [0.1, 0.15) is 15.9 Å². The molecule has 0 unspecified atom stereocenters. The number of amides is 1. The van der Waals surface area contributed by atoms with Gasteiger partial charge in [-0.05, 0) is 29.8 Å².